The first-order valence-electron chi connectivity index (χ1n) is 6.76. The van der Waals surface area contributed by atoms with E-state index in [0.29, 0.717) is 23.2 Å². The maximum absolute atomic E-state index is 12.3. The summed E-state index contributed by atoms with van der Waals surface area (Å²) >= 11 is 0. The Balaban J connectivity index is 1.48. The summed E-state index contributed by atoms with van der Waals surface area (Å²) in [5.41, 5.74) is 7.04. The minimum absolute atomic E-state index is 0.166. The minimum Gasteiger partial charge on any atom is -0.396 e. The Hall–Kier alpha value is -1.58. The lowest BCUT2D eigenvalue weighted by atomic mass is 10.0. The summed E-state index contributed by atoms with van der Waals surface area (Å²) in [6.45, 7) is 0. The first kappa shape index (κ1) is 10.4. The molecule has 0 spiro atoms. The number of nitrogens with one attached hydrogen (secondary N) is 1. The van der Waals surface area contributed by atoms with Crippen molar-refractivity contribution >= 4 is 17.3 Å². The predicted octanol–water partition coefficient (Wildman–Crippen LogP) is 1.89. The lowest BCUT2D eigenvalue weighted by Crippen LogP contribution is -2.19. The molecule has 0 aliphatic heterocycles. The summed E-state index contributed by atoms with van der Waals surface area (Å²) in [7, 11) is 0. The van der Waals surface area contributed by atoms with Gasteiger partial charge in [-0.3, -0.25) is 9.78 Å². The molecule has 1 aromatic heterocycles. The van der Waals surface area contributed by atoms with E-state index in [4.69, 9.17) is 5.73 Å². The molecule has 4 nitrogen and oxygen atoms in total. The van der Waals surface area contributed by atoms with Crippen LogP contribution in [0.15, 0.2) is 18.5 Å². The van der Waals surface area contributed by atoms with Crippen molar-refractivity contribution in [2.45, 2.75) is 19.3 Å². The molecule has 0 aromatic carbocycles. The number of aromatic nitrogens is 1. The highest BCUT2D eigenvalue weighted by atomic mass is 16.2. The summed E-state index contributed by atoms with van der Waals surface area (Å²) in [4.78, 5) is 16.2. The Bertz CT molecular complexity index is 500. The zero-order valence-electron chi connectivity index (χ0n) is 10.2. The number of rotatable bonds is 2. The second-order valence-electron chi connectivity index (χ2n) is 5.97. The SMILES string of the molecule is Nc1cnccc1NC(=O)C1C2C3CCC(C3)C12. The molecule has 1 amide bonds. The van der Waals surface area contributed by atoms with Gasteiger partial charge in [-0.2, -0.15) is 0 Å². The molecule has 4 atom stereocenters. The third kappa shape index (κ3) is 1.32. The molecule has 0 radical (unpaired) electrons. The topological polar surface area (TPSA) is 68.0 Å². The Morgan fingerprint density at radius 1 is 1.33 bits per heavy atom. The van der Waals surface area contributed by atoms with E-state index in [1.165, 1.54) is 19.3 Å². The van der Waals surface area contributed by atoms with Gasteiger partial charge in [0.05, 0.1) is 17.6 Å². The number of pyridine rings is 1. The number of nitrogen functional groups attached to an aromatic ring is 1. The van der Waals surface area contributed by atoms with Crippen LogP contribution in [-0.2, 0) is 4.79 Å². The molecular weight excluding hydrogens is 226 g/mol. The van der Waals surface area contributed by atoms with E-state index in [2.05, 4.69) is 10.3 Å². The number of anilines is 2. The Kier molecular flexibility index (Phi) is 1.99. The highest BCUT2D eigenvalue weighted by molar-refractivity contribution is 5.97. The number of nitrogens with two attached hydrogens (primary N) is 1. The van der Waals surface area contributed by atoms with E-state index in [1.807, 2.05) is 0 Å². The number of hydrogen-bond acceptors (Lipinski definition) is 3. The predicted molar refractivity (Wildman–Crippen MR) is 68.6 cm³/mol. The number of amides is 1. The molecule has 1 heterocycles. The van der Waals surface area contributed by atoms with Gasteiger partial charge >= 0.3 is 0 Å². The molecule has 1 aromatic rings. The molecule has 4 rings (SSSR count). The number of hydrogen-bond donors (Lipinski definition) is 2. The average molecular weight is 243 g/mol. The van der Waals surface area contributed by atoms with E-state index < -0.39 is 0 Å². The number of nitrogens with zero attached hydrogens (tertiary/aromatic N) is 1. The van der Waals surface area contributed by atoms with Crippen molar-refractivity contribution in [2.24, 2.45) is 29.6 Å². The molecule has 0 saturated heterocycles. The number of carbonyl (C=O) groups excluding carboxylic acids is 1. The van der Waals surface area contributed by atoms with Crippen LogP contribution in [0, 0.1) is 29.6 Å². The first-order chi connectivity index (χ1) is 8.75. The lowest BCUT2D eigenvalue weighted by molar-refractivity contribution is -0.118. The van der Waals surface area contributed by atoms with Crippen molar-refractivity contribution in [3.05, 3.63) is 18.5 Å². The van der Waals surface area contributed by atoms with Crippen molar-refractivity contribution in [1.29, 1.82) is 0 Å². The molecule has 3 aliphatic carbocycles. The van der Waals surface area contributed by atoms with Gasteiger partial charge in [-0.05, 0) is 49.0 Å². The number of carbonyl (C=O) groups is 1. The van der Waals surface area contributed by atoms with Crippen LogP contribution < -0.4 is 11.1 Å². The minimum atomic E-state index is 0.166. The van der Waals surface area contributed by atoms with Crippen LogP contribution in [0.1, 0.15) is 19.3 Å². The number of fused-ring (bicyclic) bond motifs is 5. The maximum Gasteiger partial charge on any atom is 0.228 e. The van der Waals surface area contributed by atoms with Gasteiger partial charge in [-0.1, -0.05) is 0 Å². The van der Waals surface area contributed by atoms with Gasteiger partial charge in [0.1, 0.15) is 0 Å². The average Bonchev–Trinajstić information content (AvgIpc) is 2.82. The van der Waals surface area contributed by atoms with Crippen molar-refractivity contribution in [3.8, 4) is 0 Å². The highest BCUT2D eigenvalue weighted by Gasteiger charge is 2.67. The van der Waals surface area contributed by atoms with Gasteiger partial charge in [0.25, 0.3) is 0 Å². The van der Waals surface area contributed by atoms with Crippen LogP contribution in [0.5, 0.6) is 0 Å². The molecule has 2 bridgehead atoms. The van der Waals surface area contributed by atoms with Crippen LogP contribution in [0.3, 0.4) is 0 Å². The Labute approximate surface area is 106 Å². The quantitative estimate of drug-likeness (QED) is 0.833. The van der Waals surface area contributed by atoms with Crippen molar-refractivity contribution in [2.75, 3.05) is 11.1 Å². The second-order valence-corrected chi connectivity index (χ2v) is 5.97. The van der Waals surface area contributed by atoms with Crippen LogP contribution in [0.2, 0.25) is 0 Å². The van der Waals surface area contributed by atoms with Gasteiger partial charge in [0.15, 0.2) is 0 Å². The third-order valence-electron chi connectivity index (χ3n) is 5.15. The molecule has 3 fully saturated rings. The van der Waals surface area contributed by atoms with Crippen LogP contribution in [0.25, 0.3) is 0 Å². The molecule has 3 saturated carbocycles. The van der Waals surface area contributed by atoms with Crippen molar-refractivity contribution in [1.82, 2.24) is 4.98 Å². The van der Waals surface area contributed by atoms with E-state index in [9.17, 15) is 4.79 Å². The fourth-order valence-corrected chi connectivity index (χ4v) is 4.41. The smallest absolute Gasteiger partial charge is 0.228 e. The standard InChI is InChI=1S/C14H17N3O/c15-9-6-16-4-3-10(9)17-14(18)13-11-7-1-2-8(5-7)12(11)13/h3-4,6-8,11-13H,1-2,5,15H2,(H,16,17,18). The molecule has 94 valence electrons. The zero-order valence-corrected chi connectivity index (χ0v) is 10.2. The van der Waals surface area contributed by atoms with Gasteiger partial charge in [0, 0.05) is 12.1 Å². The van der Waals surface area contributed by atoms with Gasteiger partial charge in [-0.15, -0.1) is 0 Å². The molecular formula is C14H17N3O. The highest BCUT2D eigenvalue weighted by Crippen LogP contribution is 2.69. The van der Waals surface area contributed by atoms with Crippen LogP contribution in [-0.4, -0.2) is 10.9 Å². The van der Waals surface area contributed by atoms with Crippen molar-refractivity contribution < 1.29 is 4.79 Å². The van der Waals surface area contributed by atoms with E-state index in [0.717, 1.165) is 11.8 Å². The van der Waals surface area contributed by atoms with Gasteiger partial charge < -0.3 is 11.1 Å². The monoisotopic (exact) mass is 243 g/mol. The summed E-state index contributed by atoms with van der Waals surface area (Å²) in [6.07, 6.45) is 7.28. The summed E-state index contributed by atoms with van der Waals surface area (Å²) < 4.78 is 0. The maximum atomic E-state index is 12.3. The Morgan fingerprint density at radius 2 is 2.06 bits per heavy atom. The molecule has 4 heteroatoms. The lowest BCUT2D eigenvalue weighted by Gasteiger charge is -2.10. The normalized spacial score (nSPS) is 39.4. The summed E-state index contributed by atoms with van der Waals surface area (Å²) in [6, 6.07) is 1.76. The van der Waals surface area contributed by atoms with Gasteiger partial charge in [-0.25, -0.2) is 0 Å². The van der Waals surface area contributed by atoms with E-state index in [-0.39, 0.29) is 11.8 Å². The fourth-order valence-electron chi connectivity index (χ4n) is 4.41. The Morgan fingerprint density at radius 3 is 2.72 bits per heavy atom. The molecule has 18 heavy (non-hydrogen) atoms. The van der Waals surface area contributed by atoms with Crippen LogP contribution in [0.4, 0.5) is 11.4 Å². The van der Waals surface area contributed by atoms with Gasteiger partial charge in [0.2, 0.25) is 5.91 Å². The molecule has 3 aliphatic rings. The molecule has 3 N–H and O–H groups in total. The van der Waals surface area contributed by atoms with Crippen molar-refractivity contribution in [3.63, 3.8) is 0 Å². The summed E-state index contributed by atoms with van der Waals surface area (Å²) in [5.74, 6) is 3.41. The summed E-state index contributed by atoms with van der Waals surface area (Å²) in [5, 5.41) is 2.97. The fraction of sp³-hybridized carbons (Fsp3) is 0.571. The zero-order chi connectivity index (χ0) is 12.3. The second kappa shape index (κ2) is 3.46. The van der Waals surface area contributed by atoms with E-state index >= 15 is 0 Å². The van der Waals surface area contributed by atoms with E-state index in [1.54, 1.807) is 18.5 Å². The third-order valence-corrected chi connectivity index (χ3v) is 5.15. The van der Waals surface area contributed by atoms with Crippen LogP contribution >= 0.6 is 0 Å². The first-order valence-corrected chi connectivity index (χ1v) is 6.76. The largest absolute Gasteiger partial charge is 0.396 e. The molecule has 4 unspecified atom stereocenters.